The molecule has 3 nitrogen and oxygen atoms in total. The second-order valence-corrected chi connectivity index (χ2v) is 4.18. The molecule has 0 fully saturated rings. The highest BCUT2D eigenvalue weighted by atomic mass is 32.2. The van der Waals surface area contributed by atoms with Gasteiger partial charge >= 0.3 is 11.3 Å². The predicted octanol–water partition coefficient (Wildman–Crippen LogP) is 1.87. The van der Waals surface area contributed by atoms with Gasteiger partial charge in [-0.2, -0.15) is 4.21 Å². The van der Waals surface area contributed by atoms with Gasteiger partial charge in [-0.25, -0.2) is 0 Å². The van der Waals surface area contributed by atoms with E-state index >= 15 is 0 Å². The number of nitrogens with zero attached hydrogens (tertiary/aromatic N) is 1. The molecule has 1 atom stereocenters. The minimum Gasteiger partial charge on any atom is -0.383 e. The van der Waals surface area contributed by atoms with Gasteiger partial charge in [0.05, 0.1) is 5.69 Å². The molecule has 13 heavy (non-hydrogen) atoms. The number of hydrogen-bond donors (Lipinski definition) is 0. The number of anilines is 1. The maximum atomic E-state index is 11.5. The van der Waals surface area contributed by atoms with Gasteiger partial charge in [-0.05, 0) is 26.0 Å². The molecule has 0 radical (unpaired) electrons. The Morgan fingerprint density at radius 1 is 1.38 bits per heavy atom. The van der Waals surface area contributed by atoms with E-state index in [1.54, 1.807) is 4.31 Å². The lowest BCUT2D eigenvalue weighted by Crippen LogP contribution is -2.30. The van der Waals surface area contributed by atoms with E-state index in [2.05, 4.69) is 0 Å². The first-order valence-electron chi connectivity index (χ1n) is 4.18. The lowest BCUT2D eigenvalue weighted by atomic mass is 10.2. The van der Waals surface area contributed by atoms with Crippen LogP contribution in [0.25, 0.3) is 0 Å². The van der Waals surface area contributed by atoms with E-state index in [9.17, 15) is 4.21 Å². The SMILES string of the molecule is CC(C)N1c2ccccc2OS1=O. The average Bonchev–Trinajstić information content (AvgIpc) is 2.39. The summed E-state index contributed by atoms with van der Waals surface area (Å²) in [4.78, 5) is 0. The van der Waals surface area contributed by atoms with Gasteiger partial charge in [-0.1, -0.05) is 12.1 Å². The maximum absolute atomic E-state index is 11.5. The van der Waals surface area contributed by atoms with Crippen molar-refractivity contribution in [3.8, 4) is 5.75 Å². The minimum absolute atomic E-state index is 0.185. The van der Waals surface area contributed by atoms with Crippen LogP contribution < -0.4 is 8.49 Å². The Labute approximate surface area is 80.1 Å². The van der Waals surface area contributed by atoms with Crippen LogP contribution in [-0.4, -0.2) is 10.3 Å². The van der Waals surface area contributed by atoms with Crippen LogP contribution in [0.15, 0.2) is 24.3 Å². The third-order valence-corrected chi connectivity index (χ3v) is 3.16. The minimum atomic E-state index is -1.35. The highest BCUT2D eigenvalue weighted by Crippen LogP contribution is 2.36. The Balaban J connectivity index is 2.46. The lowest BCUT2D eigenvalue weighted by Gasteiger charge is -2.17. The van der Waals surface area contributed by atoms with Crippen molar-refractivity contribution < 1.29 is 8.39 Å². The number of hydrogen-bond acceptors (Lipinski definition) is 2. The number of benzene rings is 1. The van der Waals surface area contributed by atoms with E-state index in [0.717, 1.165) is 5.69 Å². The molecule has 1 unspecified atom stereocenters. The summed E-state index contributed by atoms with van der Waals surface area (Å²) >= 11 is -1.35. The van der Waals surface area contributed by atoms with Gasteiger partial charge in [0.1, 0.15) is 0 Å². The van der Waals surface area contributed by atoms with Crippen LogP contribution in [0.4, 0.5) is 5.69 Å². The molecule has 0 N–H and O–H groups in total. The van der Waals surface area contributed by atoms with E-state index in [0.29, 0.717) is 5.75 Å². The van der Waals surface area contributed by atoms with Crippen LogP contribution in [0.5, 0.6) is 5.75 Å². The van der Waals surface area contributed by atoms with Crippen LogP contribution in [-0.2, 0) is 11.3 Å². The molecule has 0 aliphatic carbocycles. The highest BCUT2D eigenvalue weighted by Gasteiger charge is 2.29. The van der Waals surface area contributed by atoms with E-state index in [4.69, 9.17) is 4.18 Å². The van der Waals surface area contributed by atoms with E-state index < -0.39 is 11.3 Å². The summed E-state index contributed by atoms with van der Waals surface area (Å²) in [5.74, 6) is 0.703. The quantitative estimate of drug-likeness (QED) is 0.688. The predicted molar refractivity (Wildman–Crippen MR) is 52.8 cm³/mol. The monoisotopic (exact) mass is 197 g/mol. The van der Waals surface area contributed by atoms with Crippen LogP contribution in [0, 0.1) is 0 Å². The summed E-state index contributed by atoms with van der Waals surface area (Å²) in [6, 6.07) is 7.72. The Morgan fingerprint density at radius 2 is 2.08 bits per heavy atom. The van der Waals surface area contributed by atoms with Crippen molar-refractivity contribution in [1.29, 1.82) is 0 Å². The van der Waals surface area contributed by atoms with E-state index in [1.165, 1.54) is 0 Å². The molecule has 70 valence electrons. The first-order chi connectivity index (χ1) is 6.20. The van der Waals surface area contributed by atoms with Crippen LogP contribution in [0.3, 0.4) is 0 Å². The molecule has 4 heteroatoms. The van der Waals surface area contributed by atoms with Crippen LogP contribution >= 0.6 is 0 Å². The Kier molecular flexibility index (Phi) is 2.00. The molecule has 0 spiro atoms. The van der Waals surface area contributed by atoms with Crippen molar-refractivity contribution in [1.82, 2.24) is 0 Å². The molecule has 0 bridgehead atoms. The second-order valence-electron chi connectivity index (χ2n) is 3.19. The molecular weight excluding hydrogens is 186 g/mol. The standard InChI is InChI=1S/C9H11NO2S/c1-7(2)10-8-5-3-4-6-9(8)12-13(10)11/h3-7H,1-2H3. The van der Waals surface area contributed by atoms with Crippen molar-refractivity contribution >= 4 is 17.0 Å². The molecule has 1 aromatic rings. The van der Waals surface area contributed by atoms with Gasteiger partial charge in [0.2, 0.25) is 0 Å². The molecule has 0 saturated heterocycles. The molecule has 1 aliphatic heterocycles. The van der Waals surface area contributed by atoms with Gasteiger partial charge < -0.3 is 4.18 Å². The molecule has 1 heterocycles. The fourth-order valence-electron chi connectivity index (χ4n) is 1.36. The van der Waals surface area contributed by atoms with Crippen molar-refractivity contribution in [3.63, 3.8) is 0 Å². The van der Waals surface area contributed by atoms with Crippen molar-refractivity contribution in [2.75, 3.05) is 4.31 Å². The number of para-hydroxylation sites is 2. The largest absolute Gasteiger partial charge is 0.383 e. The molecular formula is C9H11NO2S. The fraction of sp³-hybridized carbons (Fsp3) is 0.333. The lowest BCUT2D eigenvalue weighted by molar-refractivity contribution is 0.573. The Hall–Kier alpha value is -1.03. The van der Waals surface area contributed by atoms with Crippen molar-refractivity contribution in [2.45, 2.75) is 19.9 Å². The third kappa shape index (κ3) is 1.31. The summed E-state index contributed by atoms with van der Waals surface area (Å²) in [7, 11) is 0. The normalized spacial score (nSPS) is 20.2. The Bertz CT molecular complexity index is 351. The molecule has 0 amide bonds. The first kappa shape index (κ1) is 8.56. The van der Waals surface area contributed by atoms with Gasteiger partial charge in [0.15, 0.2) is 5.75 Å². The smallest absolute Gasteiger partial charge is 0.319 e. The van der Waals surface area contributed by atoms with Crippen molar-refractivity contribution in [2.24, 2.45) is 0 Å². The zero-order chi connectivity index (χ0) is 9.42. The van der Waals surface area contributed by atoms with Crippen LogP contribution in [0.2, 0.25) is 0 Å². The average molecular weight is 197 g/mol. The van der Waals surface area contributed by atoms with E-state index in [-0.39, 0.29) is 6.04 Å². The maximum Gasteiger partial charge on any atom is 0.319 e. The summed E-state index contributed by atoms with van der Waals surface area (Å²) < 4.78 is 18.4. The fourth-order valence-corrected chi connectivity index (χ4v) is 2.39. The van der Waals surface area contributed by atoms with Crippen LogP contribution in [0.1, 0.15) is 13.8 Å². The first-order valence-corrected chi connectivity index (χ1v) is 5.22. The van der Waals surface area contributed by atoms with Gasteiger partial charge in [0.25, 0.3) is 0 Å². The summed E-state index contributed by atoms with van der Waals surface area (Å²) in [6.07, 6.45) is 0. The zero-order valence-electron chi connectivity index (χ0n) is 7.56. The highest BCUT2D eigenvalue weighted by molar-refractivity contribution is 7.82. The van der Waals surface area contributed by atoms with Gasteiger partial charge in [-0.3, -0.25) is 4.31 Å². The van der Waals surface area contributed by atoms with E-state index in [1.807, 2.05) is 38.1 Å². The van der Waals surface area contributed by atoms with Gasteiger partial charge in [0, 0.05) is 6.04 Å². The molecule has 2 rings (SSSR count). The molecule has 1 aromatic carbocycles. The summed E-state index contributed by atoms with van der Waals surface area (Å²) in [5.41, 5.74) is 0.913. The number of rotatable bonds is 1. The second kappa shape index (κ2) is 3.03. The molecule has 1 aliphatic rings. The summed E-state index contributed by atoms with van der Waals surface area (Å²) in [6.45, 7) is 3.98. The molecule has 0 aromatic heterocycles. The van der Waals surface area contributed by atoms with Crippen molar-refractivity contribution in [3.05, 3.63) is 24.3 Å². The zero-order valence-corrected chi connectivity index (χ0v) is 8.38. The third-order valence-electron chi connectivity index (χ3n) is 1.89. The Morgan fingerprint density at radius 3 is 2.77 bits per heavy atom. The topological polar surface area (TPSA) is 29.5 Å². The summed E-state index contributed by atoms with van der Waals surface area (Å²) in [5, 5.41) is 0. The molecule has 0 saturated carbocycles. The van der Waals surface area contributed by atoms with Gasteiger partial charge in [-0.15, -0.1) is 0 Å². The number of fused-ring (bicyclic) bond motifs is 1.